The number of aromatic nitrogens is 1. The zero-order chi connectivity index (χ0) is 14.8. The van der Waals surface area contributed by atoms with Crippen LogP contribution < -0.4 is 10.6 Å². The minimum Gasteiger partial charge on any atom is -0.351 e. The summed E-state index contributed by atoms with van der Waals surface area (Å²) in [5.74, 6) is -0.0822. The third-order valence-corrected chi connectivity index (χ3v) is 3.69. The Kier molecular flexibility index (Phi) is 7.19. The maximum absolute atomic E-state index is 13.5. The van der Waals surface area contributed by atoms with Crippen molar-refractivity contribution in [2.24, 2.45) is 0 Å². The predicted molar refractivity (Wildman–Crippen MR) is 94.4 cm³/mol. The standard InChI is InChI=1S/C16H18FN3O.2ClH/c1-18-6-7-19-16(21)13-9-15(10-2-3-10)20-14-5-4-11(17)8-12(13)14;;/h4-5,8-10,18H,2-3,6-7H2,1H3,(H,19,21);2*1H. The van der Waals surface area contributed by atoms with Crippen LogP contribution in [0.15, 0.2) is 24.3 Å². The number of hydrogen-bond donors (Lipinski definition) is 2. The number of halogens is 3. The van der Waals surface area contributed by atoms with Gasteiger partial charge in [-0.15, -0.1) is 24.8 Å². The normalized spacial score (nSPS) is 13.1. The number of hydrogen-bond acceptors (Lipinski definition) is 3. The molecule has 1 aliphatic carbocycles. The van der Waals surface area contributed by atoms with E-state index in [0.717, 1.165) is 18.5 Å². The number of pyridine rings is 1. The Bertz CT molecular complexity index is 692. The van der Waals surface area contributed by atoms with Crippen molar-refractivity contribution in [3.8, 4) is 0 Å². The third kappa shape index (κ3) is 4.53. The van der Waals surface area contributed by atoms with E-state index in [4.69, 9.17) is 0 Å². The fourth-order valence-corrected chi connectivity index (χ4v) is 2.39. The Morgan fingerprint density at radius 2 is 2.00 bits per heavy atom. The van der Waals surface area contributed by atoms with E-state index in [2.05, 4.69) is 15.6 Å². The number of amides is 1. The van der Waals surface area contributed by atoms with Gasteiger partial charge in [-0.05, 0) is 44.2 Å². The van der Waals surface area contributed by atoms with E-state index in [1.54, 1.807) is 6.07 Å². The number of nitrogens with zero attached hydrogens (tertiary/aromatic N) is 1. The predicted octanol–water partition coefficient (Wildman–Crippen LogP) is 3.04. The van der Waals surface area contributed by atoms with E-state index >= 15 is 0 Å². The fraction of sp³-hybridized carbons (Fsp3) is 0.375. The molecule has 2 aromatic rings. The van der Waals surface area contributed by atoms with Crippen LogP contribution in [0.4, 0.5) is 4.39 Å². The first-order chi connectivity index (χ1) is 10.2. The van der Waals surface area contributed by atoms with E-state index < -0.39 is 0 Å². The molecule has 1 heterocycles. The van der Waals surface area contributed by atoms with E-state index in [1.807, 2.05) is 13.1 Å². The average molecular weight is 360 g/mol. The monoisotopic (exact) mass is 359 g/mol. The number of carbonyl (C=O) groups excluding carboxylic acids is 1. The van der Waals surface area contributed by atoms with Gasteiger partial charge in [-0.1, -0.05) is 0 Å². The summed E-state index contributed by atoms with van der Waals surface area (Å²) in [5, 5.41) is 6.39. The van der Waals surface area contributed by atoms with Crippen LogP contribution in [0, 0.1) is 5.82 Å². The van der Waals surface area contributed by atoms with Gasteiger partial charge in [-0.2, -0.15) is 0 Å². The summed E-state index contributed by atoms with van der Waals surface area (Å²) in [7, 11) is 1.83. The third-order valence-electron chi connectivity index (χ3n) is 3.69. The molecule has 1 saturated carbocycles. The first-order valence-corrected chi connectivity index (χ1v) is 7.22. The van der Waals surface area contributed by atoms with Crippen molar-refractivity contribution in [1.82, 2.24) is 15.6 Å². The molecule has 0 bridgehead atoms. The Morgan fingerprint density at radius 1 is 1.26 bits per heavy atom. The zero-order valence-electron chi connectivity index (χ0n) is 12.8. The van der Waals surface area contributed by atoms with Crippen LogP contribution in [-0.4, -0.2) is 31.0 Å². The van der Waals surface area contributed by atoms with Gasteiger partial charge in [0.05, 0.1) is 11.1 Å². The molecule has 1 fully saturated rings. The van der Waals surface area contributed by atoms with Crippen LogP contribution in [0.5, 0.6) is 0 Å². The Hall–Kier alpha value is -1.43. The van der Waals surface area contributed by atoms with Gasteiger partial charge in [0.25, 0.3) is 5.91 Å². The molecular weight excluding hydrogens is 340 g/mol. The van der Waals surface area contributed by atoms with Crippen LogP contribution in [0.25, 0.3) is 10.9 Å². The molecule has 1 amide bonds. The minimum absolute atomic E-state index is 0. The summed E-state index contributed by atoms with van der Waals surface area (Å²) in [4.78, 5) is 16.9. The number of likely N-dealkylation sites (N-methyl/N-ethyl adjacent to an activating group) is 1. The van der Waals surface area contributed by atoms with Crippen molar-refractivity contribution < 1.29 is 9.18 Å². The van der Waals surface area contributed by atoms with Crippen molar-refractivity contribution >= 4 is 41.6 Å². The van der Waals surface area contributed by atoms with Crippen LogP contribution in [0.3, 0.4) is 0 Å². The second kappa shape index (κ2) is 8.43. The molecule has 0 atom stereocenters. The second-order valence-electron chi connectivity index (χ2n) is 5.39. The van der Waals surface area contributed by atoms with Crippen LogP contribution in [0.1, 0.15) is 34.8 Å². The molecule has 2 N–H and O–H groups in total. The Labute approximate surface area is 147 Å². The van der Waals surface area contributed by atoms with Crippen molar-refractivity contribution in [3.05, 3.63) is 41.3 Å². The van der Waals surface area contributed by atoms with E-state index in [0.29, 0.717) is 35.5 Å². The van der Waals surface area contributed by atoms with E-state index in [9.17, 15) is 9.18 Å². The molecule has 0 saturated heterocycles. The molecule has 126 valence electrons. The Morgan fingerprint density at radius 3 is 2.65 bits per heavy atom. The summed E-state index contributed by atoms with van der Waals surface area (Å²) in [6.45, 7) is 1.23. The molecule has 0 radical (unpaired) electrons. The molecule has 23 heavy (non-hydrogen) atoms. The fourth-order valence-electron chi connectivity index (χ4n) is 2.39. The van der Waals surface area contributed by atoms with Gasteiger partial charge in [-0.25, -0.2) is 4.39 Å². The van der Waals surface area contributed by atoms with Crippen molar-refractivity contribution in [3.63, 3.8) is 0 Å². The van der Waals surface area contributed by atoms with Crippen molar-refractivity contribution in [1.29, 1.82) is 0 Å². The van der Waals surface area contributed by atoms with Crippen molar-refractivity contribution in [2.75, 3.05) is 20.1 Å². The van der Waals surface area contributed by atoms with Gasteiger partial charge in [0.2, 0.25) is 0 Å². The summed E-state index contributed by atoms with van der Waals surface area (Å²) < 4.78 is 13.5. The smallest absolute Gasteiger partial charge is 0.252 e. The van der Waals surface area contributed by atoms with Crippen LogP contribution >= 0.6 is 24.8 Å². The highest BCUT2D eigenvalue weighted by molar-refractivity contribution is 6.06. The maximum atomic E-state index is 13.5. The summed E-state index contributed by atoms with van der Waals surface area (Å²) in [6, 6.07) is 6.22. The molecule has 4 nitrogen and oxygen atoms in total. The highest BCUT2D eigenvalue weighted by atomic mass is 35.5. The molecule has 0 aliphatic heterocycles. The van der Waals surface area contributed by atoms with Crippen molar-refractivity contribution in [2.45, 2.75) is 18.8 Å². The maximum Gasteiger partial charge on any atom is 0.252 e. The van der Waals surface area contributed by atoms with E-state index in [1.165, 1.54) is 12.1 Å². The quantitative estimate of drug-likeness (QED) is 0.806. The molecule has 7 heteroatoms. The topological polar surface area (TPSA) is 54.0 Å². The SMILES string of the molecule is CNCCNC(=O)c1cc(C2CC2)nc2ccc(F)cc12.Cl.Cl. The molecule has 3 rings (SSSR count). The first-order valence-electron chi connectivity index (χ1n) is 7.22. The summed E-state index contributed by atoms with van der Waals surface area (Å²) in [6.07, 6.45) is 2.22. The van der Waals surface area contributed by atoms with Gasteiger partial charge in [-0.3, -0.25) is 9.78 Å². The molecule has 1 aromatic heterocycles. The molecular formula is C16H20Cl2FN3O. The number of nitrogens with one attached hydrogen (secondary N) is 2. The second-order valence-corrected chi connectivity index (χ2v) is 5.39. The molecule has 0 spiro atoms. The number of fused-ring (bicyclic) bond motifs is 1. The largest absolute Gasteiger partial charge is 0.351 e. The lowest BCUT2D eigenvalue weighted by molar-refractivity contribution is 0.0955. The molecule has 0 unspecified atom stereocenters. The van der Waals surface area contributed by atoms with Gasteiger partial charge >= 0.3 is 0 Å². The minimum atomic E-state index is -0.354. The molecule has 1 aliphatic rings. The lowest BCUT2D eigenvalue weighted by Gasteiger charge is -2.10. The lowest BCUT2D eigenvalue weighted by atomic mass is 10.1. The summed E-state index contributed by atoms with van der Waals surface area (Å²) in [5.41, 5.74) is 2.13. The first kappa shape index (κ1) is 19.6. The van der Waals surface area contributed by atoms with Gasteiger partial charge in [0.1, 0.15) is 5.82 Å². The zero-order valence-corrected chi connectivity index (χ0v) is 14.4. The van der Waals surface area contributed by atoms with E-state index in [-0.39, 0.29) is 36.5 Å². The number of benzene rings is 1. The summed E-state index contributed by atoms with van der Waals surface area (Å²) >= 11 is 0. The highest BCUT2D eigenvalue weighted by Crippen LogP contribution is 2.40. The lowest BCUT2D eigenvalue weighted by Crippen LogP contribution is -2.30. The number of rotatable bonds is 5. The Balaban J connectivity index is 0.00000132. The van der Waals surface area contributed by atoms with Gasteiger partial charge in [0, 0.05) is 30.1 Å². The highest BCUT2D eigenvalue weighted by Gasteiger charge is 2.27. The van der Waals surface area contributed by atoms with Crippen LogP contribution in [0.2, 0.25) is 0 Å². The van der Waals surface area contributed by atoms with Gasteiger partial charge < -0.3 is 10.6 Å². The number of carbonyl (C=O) groups is 1. The average Bonchev–Trinajstić information content (AvgIpc) is 3.31. The van der Waals surface area contributed by atoms with Crippen LogP contribution in [-0.2, 0) is 0 Å². The molecule has 1 aromatic carbocycles. The van der Waals surface area contributed by atoms with Gasteiger partial charge in [0.15, 0.2) is 0 Å².